The molecule has 1 aromatic heterocycles. The van der Waals surface area contributed by atoms with E-state index in [4.69, 9.17) is 4.11 Å². The van der Waals surface area contributed by atoms with Crippen LogP contribution in [0.5, 0.6) is 0 Å². The van der Waals surface area contributed by atoms with Gasteiger partial charge in [-0.2, -0.15) is 0 Å². The first-order valence-electron chi connectivity index (χ1n) is 5.81. The maximum absolute atomic E-state index is 13.5. The van der Waals surface area contributed by atoms with Crippen LogP contribution in [0.1, 0.15) is 9.81 Å². The lowest BCUT2D eigenvalue weighted by Crippen LogP contribution is -1.90. The predicted molar refractivity (Wildman–Crippen MR) is 54.3 cm³/mol. The monoisotopic (exact) mass is 208 g/mol. The zero-order valence-corrected chi connectivity index (χ0v) is 7.67. The summed E-state index contributed by atoms with van der Waals surface area (Å²) in [5, 5.41) is 0. The van der Waals surface area contributed by atoms with Crippen molar-refractivity contribution in [3.05, 3.63) is 53.7 Å². The first kappa shape index (κ1) is 6.67. The smallest absolute Gasteiger partial charge is 0.135 e. The Balaban J connectivity index is 2.51. The van der Waals surface area contributed by atoms with Crippen LogP contribution >= 0.6 is 0 Å². The van der Waals surface area contributed by atoms with Crippen LogP contribution in [0.3, 0.4) is 0 Å². The number of benzene rings is 1. The molecule has 0 bridgehead atoms. The van der Waals surface area contributed by atoms with Gasteiger partial charge in [-0.3, -0.25) is 4.98 Å². The van der Waals surface area contributed by atoms with Crippen LogP contribution in [0.4, 0.5) is 8.78 Å². The Kier molecular flexibility index (Phi) is 1.67. The highest BCUT2D eigenvalue weighted by Gasteiger charge is 2.07. The number of hydrogen-bond donors (Lipinski definition) is 0. The lowest BCUT2D eigenvalue weighted by molar-refractivity contribution is 0.585. The minimum atomic E-state index is -2.35. The Morgan fingerprint density at radius 1 is 1.20 bits per heavy atom. The SMILES string of the molecule is [2H]C([2H])([2H])c1cccc(-c2ccc(F)cc2F)n1. The summed E-state index contributed by atoms with van der Waals surface area (Å²) < 4.78 is 48.0. The molecule has 0 unspecified atom stereocenters. The fourth-order valence-corrected chi connectivity index (χ4v) is 1.28. The van der Waals surface area contributed by atoms with Crippen LogP contribution in [0.25, 0.3) is 11.3 Å². The Labute approximate surface area is 90.6 Å². The summed E-state index contributed by atoms with van der Waals surface area (Å²) in [6.45, 7) is -2.35. The molecule has 0 aliphatic heterocycles. The zero-order chi connectivity index (χ0) is 13.3. The summed E-state index contributed by atoms with van der Waals surface area (Å²) in [6.07, 6.45) is 0. The molecule has 3 heteroatoms. The average Bonchev–Trinajstić information content (AvgIpc) is 2.28. The molecular formula is C12H9F2N. The normalized spacial score (nSPS) is 14.1. The number of aromatic nitrogens is 1. The topological polar surface area (TPSA) is 12.9 Å². The number of hydrogen-bond acceptors (Lipinski definition) is 1. The summed E-state index contributed by atoms with van der Waals surface area (Å²) in [6, 6.07) is 7.37. The maximum Gasteiger partial charge on any atom is 0.135 e. The summed E-state index contributed by atoms with van der Waals surface area (Å²) >= 11 is 0. The van der Waals surface area contributed by atoms with E-state index in [2.05, 4.69) is 4.98 Å². The maximum atomic E-state index is 13.5. The molecule has 0 N–H and O–H groups in total. The van der Waals surface area contributed by atoms with E-state index in [-0.39, 0.29) is 17.0 Å². The fraction of sp³-hybridized carbons (Fsp3) is 0.0833. The van der Waals surface area contributed by atoms with Crippen molar-refractivity contribution >= 4 is 0 Å². The average molecular weight is 208 g/mol. The molecule has 0 amide bonds. The van der Waals surface area contributed by atoms with Crippen molar-refractivity contribution in [2.75, 3.05) is 0 Å². The predicted octanol–water partition coefficient (Wildman–Crippen LogP) is 3.34. The lowest BCUT2D eigenvalue weighted by atomic mass is 10.1. The zero-order valence-electron chi connectivity index (χ0n) is 10.7. The Hall–Kier alpha value is -1.77. The Morgan fingerprint density at radius 2 is 2.07 bits per heavy atom. The molecule has 0 radical (unpaired) electrons. The van der Waals surface area contributed by atoms with Gasteiger partial charge in [-0.15, -0.1) is 0 Å². The van der Waals surface area contributed by atoms with Crippen molar-refractivity contribution in [2.45, 2.75) is 6.85 Å². The van der Waals surface area contributed by atoms with Gasteiger partial charge in [0.25, 0.3) is 0 Å². The van der Waals surface area contributed by atoms with E-state index >= 15 is 0 Å². The first-order chi connectivity index (χ1) is 8.38. The first-order valence-corrected chi connectivity index (χ1v) is 4.31. The van der Waals surface area contributed by atoms with Crippen molar-refractivity contribution in [3.63, 3.8) is 0 Å². The highest BCUT2D eigenvalue weighted by Crippen LogP contribution is 2.21. The van der Waals surface area contributed by atoms with E-state index in [0.717, 1.165) is 12.1 Å². The molecule has 0 aliphatic rings. The summed E-state index contributed by atoms with van der Waals surface area (Å²) in [4.78, 5) is 3.88. The molecule has 0 saturated carbocycles. The van der Waals surface area contributed by atoms with E-state index < -0.39 is 18.5 Å². The van der Waals surface area contributed by atoms with Crippen molar-refractivity contribution in [3.8, 4) is 11.3 Å². The molecule has 0 atom stereocenters. The molecular weight excluding hydrogens is 196 g/mol. The van der Waals surface area contributed by atoms with Crippen molar-refractivity contribution in [2.24, 2.45) is 0 Å². The van der Waals surface area contributed by atoms with Crippen LogP contribution < -0.4 is 0 Å². The van der Waals surface area contributed by atoms with Crippen LogP contribution in [0, 0.1) is 18.5 Å². The standard InChI is InChI=1S/C12H9F2N/c1-8-3-2-4-12(15-8)10-6-5-9(13)7-11(10)14/h2-7H,1H3/i1D3. The van der Waals surface area contributed by atoms with Crippen LogP contribution in [-0.2, 0) is 0 Å². The van der Waals surface area contributed by atoms with Gasteiger partial charge in [-0.1, -0.05) is 6.07 Å². The number of halogens is 2. The lowest BCUT2D eigenvalue weighted by Gasteiger charge is -2.03. The van der Waals surface area contributed by atoms with E-state index in [1.165, 1.54) is 24.3 Å². The van der Waals surface area contributed by atoms with Gasteiger partial charge in [0, 0.05) is 21.4 Å². The highest BCUT2D eigenvalue weighted by molar-refractivity contribution is 5.59. The third-order valence-electron chi connectivity index (χ3n) is 1.96. The van der Waals surface area contributed by atoms with Gasteiger partial charge >= 0.3 is 0 Å². The molecule has 1 heterocycles. The van der Waals surface area contributed by atoms with E-state index in [0.29, 0.717) is 0 Å². The second kappa shape index (κ2) is 3.77. The van der Waals surface area contributed by atoms with Gasteiger partial charge in [-0.05, 0) is 31.1 Å². The van der Waals surface area contributed by atoms with Gasteiger partial charge in [-0.25, -0.2) is 8.78 Å². The molecule has 0 saturated heterocycles. The number of rotatable bonds is 1. The van der Waals surface area contributed by atoms with E-state index in [1.807, 2.05) is 0 Å². The Morgan fingerprint density at radius 3 is 2.80 bits per heavy atom. The van der Waals surface area contributed by atoms with E-state index in [9.17, 15) is 8.78 Å². The van der Waals surface area contributed by atoms with Gasteiger partial charge < -0.3 is 0 Å². The number of pyridine rings is 1. The minimum absolute atomic E-state index is 0.0718. The van der Waals surface area contributed by atoms with Gasteiger partial charge in [0.1, 0.15) is 11.6 Å². The second-order valence-electron chi connectivity index (χ2n) is 3.03. The third-order valence-corrected chi connectivity index (χ3v) is 1.96. The van der Waals surface area contributed by atoms with Crippen LogP contribution in [0.2, 0.25) is 0 Å². The molecule has 2 aromatic rings. The minimum Gasteiger partial charge on any atom is -0.253 e. The number of nitrogens with zero attached hydrogens (tertiary/aromatic N) is 1. The summed E-state index contributed by atoms with van der Waals surface area (Å²) in [5.74, 6) is -1.46. The van der Waals surface area contributed by atoms with Gasteiger partial charge in [0.2, 0.25) is 0 Å². The summed E-state index contributed by atoms with van der Waals surface area (Å²) in [7, 11) is 0. The van der Waals surface area contributed by atoms with Crippen molar-refractivity contribution in [1.82, 2.24) is 4.98 Å². The highest BCUT2D eigenvalue weighted by atomic mass is 19.1. The van der Waals surface area contributed by atoms with Crippen molar-refractivity contribution < 1.29 is 12.9 Å². The van der Waals surface area contributed by atoms with Gasteiger partial charge in [0.05, 0.1) is 5.69 Å². The molecule has 0 spiro atoms. The largest absolute Gasteiger partial charge is 0.253 e. The quantitative estimate of drug-likeness (QED) is 0.700. The number of aryl methyl sites for hydroxylation is 1. The summed E-state index contributed by atoms with van der Waals surface area (Å²) in [5.41, 5.74) is 0.118. The molecule has 1 aromatic carbocycles. The third kappa shape index (κ3) is 2.01. The molecule has 0 aliphatic carbocycles. The fourth-order valence-electron chi connectivity index (χ4n) is 1.28. The molecule has 2 rings (SSSR count). The second-order valence-corrected chi connectivity index (χ2v) is 3.03. The van der Waals surface area contributed by atoms with Crippen molar-refractivity contribution in [1.29, 1.82) is 0 Å². The molecule has 0 fully saturated rings. The Bertz CT molecular complexity index is 582. The van der Waals surface area contributed by atoms with E-state index in [1.54, 1.807) is 0 Å². The molecule has 1 nitrogen and oxygen atoms in total. The van der Waals surface area contributed by atoms with Gasteiger partial charge in [0.15, 0.2) is 0 Å². The molecule has 15 heavy (non-hydrogen) atoms. The van der Waals surface area contributed by atoms with Crippen LogP contribution in [-0.4, -0.2) is 4.98 Å². The van der Waals surface area contributed by atoms with Crippen LogP contribution in [0.15, 0.2) is 36.4 Å². The molecule has 76 valence electrons.